The minimum Gasteiger partial charge on any atom is -0.468 e. The minimum absolute atomic E-state index is 0.0274. The zero-order chi connectivity index (χ0) is 19.3. The summed E-state index contributed by atoms with van der Waals surface area (Å²) in [5.74, 6) is -0.870. The molecule has 6 nitrogen and oxygen atoms in total. The molecular weight excluding hydrogens is 354 g/mol. The van der Waals surface area contributed by atoms with Crippen LogP contribution in [0.25, 0.3) is 11.1 Å². The van der Waals surface area contributed by atoms with E-state index in [1.165, 1.54) is 19.2 Å². The van der Waals surface area contributed by atoms with Crippen molar-refractivity contribution < 1.29 is 23.1 Å². The number of nitrogens with one attached hydrogen (secondary N) is 1. The van der Waals surface area contributed by atoms with Crippen molar-refractivity contribution in [2.45, 2.75) is 31.4 Å². The third kappa shape index (κ3) is 4.69. The number of carbonyl (C=O) groups is 1. The van der Waals surface area contributed by atoms with Gasteiger partial charge in [-0.15, -0.1) is 0 Å². The van der Waals surface area contributed by atoms with Gasteiger partial charge in [0.1, 0.15) is 6.04 Å². The van der Waals surface area contributed by atoms with Gasteiger partial charge in [-0.1, -0.05) is 50.2 Å². The Morgan fingerprint density at radius 3 is 1.96 bits per heavy atom. The molecule has 2 N–H and O–H groups in total. The molecule has 0 aliphatic carbocycles. The maximum atomic E-state index is 12.6. The van der Waals surface area contributed by atoms with E-state index >= 15 is 0 Å². The molecule has 0 heterocycles. The quantitative estimate of drug-likeness (QED) is 0.723. The molecule has 0 saturated heterocycles. The second kappa shape index (κ2) is 8.44. The van der Waals surface area contributed by atoms with Crippen LogP contribution in [0.4, 0.5) is 0 Å². The molecule has 0 amide bonds. The number of ether oxygens (including phenoxy) is 1. The van der Waals surface area contributed by atoms with Crippen molar-refractivity contribution in [3.63, 3.8) is 0 Å². The van der Waals surface area contributed by atoms with Gasteiger partial charge in [0.25, 0.3) is 0 Å². The Bertz CT molecular complexity index is 843. The molecule has 0 saturated carbocycles. The lowest BCUT2D eigenvalue weighted by molar-refractivity contribution is -0.143. The fourth-order valence-corrected chi connectivity index (χ4v) is 3.78. The number of aliphatic hydroxyl groups is 1. The maximum absolute atomic E-state index is 12.6. The van der Waals surface area contributed by atoms with Gasteiger partial charge in [-0.25, -0.2) is 8.42 Å². The molecule has 1 atom stereocenters. The molecular formula is C19H23NO5S. The Morgan fingerprint density at radius 1 is 1.04 bits per heavy atom. The predicted molar refractivity (Wildman–Crippen MR) is 98.8 cm³/mol. The van der Waals surface area contributed by atoms with E-state index in [9.17, 15) is 13.2 Å². The number of benzene rings is 2. The number of sulfonamides is 1. The van der Waals surface area contributed by atoms with Crippen LogP contribution >= 0.6 is 0 Å². The van der Waals surface area contributed by atoms with Gasteiger partial charge < -0.3 is 9.84 Å². The van der Waals surface area contributed by atoms with E-state index < -0.39 is 22.0 Å². The second-order valence-corrected chi connectivity index (χ2v) is 7.96. The summed E-state index contributed by atoms with van der Waals surface area (Å²) >= 11 is 0. The SMILES string of the molecule is COC(=O)[C@H](NS(=O)(=O)c1ccc(-c2ccc(CO)cc2)cc1)C(C)C. The fourth-order valence-electron chi connectivity index (χ4n) is 2.45. The summed E-state index contributed by atoms with van der Waals surface area (Å²) in [6.07, 6.45) is 0. The van der Waals surface area contributed by atoms with E-state index in [2.05, 4.69) is 9.46 Å². The van der Waals surface area contributed by atoms with E-state index in [0.717, 1.165) is 16.7 Å². The first-order valence-corrected chi connectivity index (χ1v) is 9.67. The number of carbonyl (C=O) groups excluding carboxylic acids is 1. The van der Waals surface area contributed by atoms with Crippen LogP contribution in [0.3, 0.4) is 0 Å². The molecule has 26 heavy (non-hydrogen) atoms. The molecule has 0 aromatic heterocycles. The van der Waals surface area contributed by atoms with Crippen molar-refractivity contribution >= 4 is 16.0 Å². The predicted octanol–water partition coefficient (Wildman–Crippen LogP) is 2.32. The highest BCUT2D eigenvalue weighted by atomic mass is 32.2. The zero-order valence-corrected chi connectivity index (χ0v) is 15.8. The van der Waals surface area contributed by atoms with Crippen molar-refractivity contribution in [2.24, 2.45) is 5.92 Å². The number of esters is 1. The largest absolute Gasteiger partial charge is 0.468 e. The van der Waals surface area contributed by atoms with E-state index in [4.69, 9.17) is 5.11 Å². The number of aliphatic hydroxyl groups excluding tert-OH is 1. The summed E-state index contributed by atoms with van der Waals surface area (Å²) < 4.78 is 32.2. The Labute approximate surface area is 153 Å². The summed E-state index contributed by atoms with van der Waals surface area (Å²) in [5, 5.41) is 9.09. The van der Waals surface area contributed by atoms with Crippen molar-refractivity contribution in [1.29, 1.82) is 0 Å². The highest BCUT2D eigenvalue weighted by Crippen LogP contribution is 2.22. The molecule has 0 aliphatic rings. The lowest BCUT2D eigenvalue weighted by Crippen LogP contribution is -2.44. The molecule has 140 valence electrons. The average molecular weight is 377 g/mol. The Morgan fingerprint density at radius 2 is 1.54 bits per heavy atom. The summed E-state index contributed by atoms with van der Waals surface area (Å²) in [5.41, 5.74) is 2.57. The van der Waals surface area contributed by atoms with Crippen molar-refractivity contribution in [3.8, 4) is 11.1 Å². The smallest absolute Gasteiger partial charge is 0.324 e. The third-order valence-electron chi connectivity index (χ3n) is 4.04. The first kappa shape index (κ1) is 20.1. The van der Waals surface area contributed by atoms with Gasteiger partial charge in [0.05, 0.1) is 18.6 Å². The summed E-state index contributed by atoms with van der Waals surface area (Å²) in [6.45, 7) is 3.45. The molecule has 0 radical (unpaired) electrons. The summed E-state index contributed by atoms with van der Waals surface area (Å²) in [4.78, 5) is 11.9. The summed E-state index contributed by atoms with van der Waals surface area (Å²) in [7, 11) is -2.63. The van der Waals surface area contributed by atoms with E-state index in [1.54, 1.807) is 26.0 Å². The standard InChI is InChI=1S/C19H23NO5S/c1-13(2)18(19(22)25-3)20-26(23,24)17-10-8-16(9-11-17)15-6-4-14(12-21)5-7-15/h4-11,13,18,20-21H,12H2,1-3H3/t18-/m1/s1. The first-order valence-electron chi connectivity index (χ1n) is 8.19. The molecule has 0 aliphatic heterocycles. The normalized spacial score (nSPS) is 12.8. The van der Waals surface area contributed by atoms with Gasteiger partial charge in [-0.3, -0.25) is 4.79 Å². The highest BCUT2D eigenvalue weighted by molar-refractivity contribution is 7.89. The van der Waals surface area contributed by atoms with Crippen molar-refractivity contribution in [1.82, 2.24) is 4.72 Å². The van der Waals surface area contributed by atoms with Crippen LogP contribution in [0.2, 0.25) is 0 Å². The third-order valence-corrected chi connectivity index (χ3v) is 5.50. The number of rotatable bonds is 7. The van der Waals surface area contributed by atoms with Crippen LogP contribution in [0.1, 0.15) is 19.4 Å². The van der Waals surface area contributed by atoms with Gasteiger partial charge >= 0.3 is 5.97 Å². The lowest BCUT2D eigenvalue weighted by Gasteiger charge is -2.19. The maximum Gasteiger partial charge on any atom is 0.324 e. The molecule has 0 bridgehead atoms. The number of methoxy groups -OCH3 is 1. The van der Waals surface area contributed by atoms with Crippen LogP contribution < -0.4 is 4.72 Å². The fraction of sp³-hybridized carbons (Fsp3) is 0.316. The van der Waals surface area contributed by atoms with Crippen LogP contribution in [-0.2, 0) is 26.2 Å². The van der Waals surface area contributed by atoms with E-state index in [-0.39, 0.29) is 17.4 Å². The monoisotopic (exact) mass is 377 g/mol. The average Bonchev–Trinajstić information content (AvgIpc) is 2.65. The Balaban J connectivity index is 2.23. The molecule has 0 fully saturated rings. The highest BCUT2D eigenvalue weighted by Gasteiger charge is 2.29. The lowest BCUT2D eigenvalue weighted by atomic mass is 10.0. The van der Waals surface area contributed by atoms with Gasteiger partial charge in [0.2, 0.25) is 10.0 Å². The van der Waals surface area contributed by atoms with Gasteiger partial charge in [0, 0.05) is 0 Å². The van der Waals surface area contributed by atoms with Gasteiger partial charge in [-0.05, 0) is 34.7 Å². The van der Waals surface area contributed by atoms with E-state index in [0.29, 0.717) is 0 Å². The zero-order valence-electron chi connectivity index (χ0n) is 15.0. The molecule has 2 aromatic rings. The Kier molecular flexibility index (Phi) is 6.52. The van der Waals surface area contributed by atoms with Gasteiger partial charge in [0.15, 0.2) is 0 Å². The molecule has 2 rings (SSSR count). The number of hydrogen-bond acceptors (Lipinski definition) is 5. The van der Waals surface area contributed by atoms with Crippen molar-refractivity contribution in [2.75, 3.05) is 7.11 Å². The van der Waals surface area contributed by atoms with E-state index in [1.807, 2.05) is 24.3 Å². The Hall–Kier alpha value is -2.22. The van der Waals surface area contributed by atoms with Crippen molar-refractivity contribution in [3.05, 3.63) is 54.1 Å². The summed E-state index contributed by atoms with van der Waals surface area (Å²) in [6, 6.07) is 12.8. The van der Waals surface area contributed by atoms with Crippen LogP contribution in [0.5, 0.6) is 0 Å². The first-order chi connectivity index (χ1) is 12.3. The molecule has 7 heteroatoms. The molecule has 2 aromatic carbocycles. The van der Waals surface area contributed by atoms with Crippen LogP contribution in [0.15, 0.2) is 53.4 Å². The number of hydrogen-bond donors (Lipinski definition) is 2. The minimum atomic E-state index is -3.85. The second-order valence-electron chi connectivity index (χ2n) is 6.25. The van der Waals surface area contributed by atoms with Gasteiger partial charge in [-0.2, -0.15) is 4.72 Å². The molecule has 0 spiro atoms. The molecule has 0 unspecified atom stereocenters. The van der Waals surface area contributed by atoms with Crippen LogP contribution in [0, 0.1) is 5.92 Å². The van der Waals surface area contributed by atoms with Crippen LogP contribution in [-0.4, -0.2) is 32.6 Å². The topological polar surface area (TPSA) is 92.7 Å².